The van der Waals surface area contributed by atoms with Gasteiger partial charge in [-0.2, -0.15) is 0 Å². The van der Waals surface area contributed by atoms with Crippen LogP contribution in [0.1, 0.15) is 0 Å². The fourth-order valence-electron chi connectivity index (χ4n) is 3.08. The van der Waals surface area contributed by atoms with Gasteiger partial charge in [-0.3, -0.25) is 50.2 Å². The molecule has 4 aromatic carbocycles. The van der Waals surface area contributed by atoms with Crippen LogP contribution in [-0.4, -0.2) is 67.2 Å². The predicted molar refractivity (Wildman–Crippen MR) is 160 cm³/mol. The van der Waals surface area contributed by atoms with Crippen molar-refractivity contribution in [3.05, 3.63) is 138 Å². The molecule has 2 N–H and O–H groups in total. The zero-order valence-corrected chi connectivity index (χ0v) is 27.2. The summed E-state index contributed by atoms with van der Waals surface area (Å²) >= 11 is 0. The van der Waals surface area contributed by atoms with E-state index >= 15 is 0 Å². The van der Waals surface area contributed by atoms with Gasteiger partial charge in [-0.1, -0.05) is 0 Å². The monoisotopic (exact) mass is 720 g/mol. The van der Waals surface area contributed by atoms with E-state index in [1.54, 1.807) is 0 Å². The summed E-state index contributed by atoms with van der Waals surface area (Å²) in [5, 5.41) is 42.0. The van der Waals surface area contributed by atoms with Gasteiger partial charge in [0.2, 0.25) is 0 Å². The van der Waals surface area contributed by atoms with Gasteiger partial charge in [0, 0.05) is 86.3 Å². The molecular weight excluding hydrogens is 702 g/mol. The summed E-state index contributed by atoms with van der Waals surface area (Å²) in [6.45, 7) is 0. The largest absolute Gasteiger partial charge is 0.584 e. The smallest absolute Gasteiger partial charge is 0.395 e. The second-order valence-electron chi connectivity index (χ2n) is 8.31. The first-order valence-electron chi connectivity index (χ1n) is 12.0. The molecule has 0 spiro atoms. The van der Waals surface area contributed by atoms with E-state index in [1.165, 1.54) is 0 Å². The summed E-state index contributed by atoms with van der Waals surface area (Å²) in [5.41, 5.74) is -0.828. The van der Waals surface area contributed by atoms with Gasteiger partial charge in [0.05, 0.1) is 19.7 Å². The van der Waals surface area contributed by atoms with Crippen molar-refractivity contribution in [3.63, 3.8) is 0 Å². The maximum atomic E-state index is 11.8. The fraction of sp³-hybridized carbons (Fsp3) is 0. The van der Waals surface area contributed by atoms with Gasteiger partial charge < -0.3 is 18.1 Å². The molecule has 0 aliphatic rings. The molecule has 242 valence electrons. The fourth-order valence-corrected chi connectivity index (χ4v) is 4.71. The van der Waals surface area contributed by atoms with Gasteiger partial charge in [-0.25, -0.2) is 9.13 Å². The summed E-state index contributed by atoms with van der Waals surface area (Å²) < 4.78 is 42.7. The van der Waals surface area contributed by atoms with Crippen molar-refractivity contribution in [3.8, 4) is 23.0 Å². The molecule has 0 aromatic heterocycles. The van der Waals surface area contributed by atoms with E-state index in [0.717, 1.165) is 97.1 Å². The zero-order chi connectivity index (χ0) is 34.1. The quantitative estimate of drug-likeness (QED) is 0.0763. The number of nitro groups is 4. The van der Waals surface area contributed by atoms with E-state index in [1.807, 2.05) is 0 Å². The average Bonchev–Trinajstić information content (AvgIpc) is 2.97. The van der Waals surface area contributed by atoms with Crippen LogP contribution in [0.15, 0.2) is 97.1 Å². The van der Waals surface area contributed by atoms with Crippen molar-refractivity contribution in [1.29, 1.82) is 0 Å². The number of rotatable bonds is 12. The molecular formula is C24H18CaN4O16P2. The molecule has 23 heteroatoms. The molecule has 2 radical (unpaired) electrons. The van der Waals surface area contributed by atoms with Crippen molar-refractivity contribution in [1.82, 2.24) is 0 Å². The van der Waals surface area contributed by atoms with Gasteiger partial charge in [-0.05, 0) is 48.5 Å². The van der Waals surface area contributed by atoms with Gasteiger partial charge in [0.1, 0.15) is 23.0 Å². The third kappa shape index (κ3) is 12.6. The normalized spacial score (nSPS) is 10.6. The molecule has 0 saturated carbocycles. The van der Waals surface area contributed by atoms with Gasteiger partial charge in [-0.15, -0.1) is 0 Å². The Hall–Kier alpha value is -4.68. The van der Waals surface area contributed by atoms with Crippen molar-refractivity contribution >= 4 is 76.1 Å². The average molecular weight is 720 g/mol. The minimum atomic E-state index is -4.55. The van der Waals surface area contributed by atoms with Crippen LogP contribution in [0, 0.1) is 40.5 Å². The molecule has 0 atom stereocenters. The van der Waals surface area contributed by atoms with E-state index in [2.05, 4.69) is 0 Å². The Labute approximate surface area is 291 Å². The van der Waals surface area contributed by atoms with Crippen molar-refractivity contribution in [2.45, 2.75) is 0 Å². The van der Waals surface area contributed by atoms with Gasteiger partial charge >= 0.3 is 15.6 Å². The topological polar surface area (TPSA) is 284 Å². The molecule has 0 bridgehead atoms. The SMILES string of the molecule is O=[N+]([O-])c1ccc(OP(=O)(O)Oc2ccc([N+](=O)[O-])cc2)cc1.O=[N+]([O-])c1ccc(OP(=O)(O)Oc2ccc([N+](=O)[O-])cc2)cc1.[Ca]. The first-order chi connectivity index (χ1) is 21.5. The Morgan fingerprint density at radius 1 is 0.404 bits per heavy atom. The Bertz CT molecular complexity index is 1560. The molecule has 0 amide bonds. The van der Waals surface area contributed by atoms with Crippen LogP contribution in [0.4, 0.5) is 22.7 Å². The summed E-state index contributed by atoms with van der Waals surface area (Å²) in [6.07, 6.45) is 0. The number of nitro benzene ring substituents is 4. The molecule has 0 aliphatic heterocycles. The maximum Gasteiger partial charge on any atom is 0.584 e. The number of non-ortho nitro benzene ring substituents is 4. The number of phosphoric ester groups is 2. The first-order valence-corrected chi connectivity index (χ1v) is 14.9. The summed E-state index contributed by atoms with van der Waals surface area (Å²) in [5.74, 6) is -0.432. The molecule has 4 aromatic rings. The third-order valence-electron chi connectivity index (χ3n) is 5.07. The Morgan fingerprint density at radius 3 is 0.681 bits per heavy atom. The van der Waals surface area contributed by atoms with Crippen LogP contribution in [0.25, 0.3) is 0 Å². The number of hydrogen-bond acceptors (Lipinski definition) is 14. The maximum absolute atomic E-state index is 11.8. The summed E-state index contributed by atoms with van der Waals surface area (Å²) in [7, 11) is -9.11. The van der Waals surface area contributed by atoms with Crippen LogP contribution in [0.3, 0.4) is 0 Å². The van der Waals surface area contributed by atoms with E-state index in [0.29, 0.717) is 0 Å². The van der Waals surface area contributed by atoms with Crippen LogP contribution in [0.2, 0.25) is 0 Å². The predicted octanol–water partition coefficient (Wildman–Crippen LogP) is 5.74. The summed E-state index contributed by atoms with van der Waals surface area (Å²) in [4.78, 5) is 58.7. The molecule has 0 unspecified atom stereocenters. The number of hydrogen-bond donors (Lipinski definition) is 2. The van der Waals surface area contributed by atoms with Crippen LogP contribution in [-0.2, 0) is 9.13 Å². The number of nitrogens with zero attached hydrogens (tertiary/aromatic N) is 4. The van der Waals surface area contributed by atoms with E-state index < -0.39 is 35.3 Å². The molecule has 0 saturated heterocycles. The minimum Gasteiger partial charge on any atom is -0.395 e. The van der Waals surface area contributed by atoms with Gasteiger partial charge in [0.25, 0.3) is 22.7 Å². The molecule has 0 aliphatic carbocycles. The molecule has 0 fully saturated rings. The van der Waals surface area contributed by atoms with E-state index in [-0.39, 0.29) is 83.5 Å². The van der Waals surface area contributed by atoms with Crippen molar-refractivity contribution in [2.75, 3.05) is 0 Å². The second-order valence-corrected chi connectivity index (χ2v) is 10.9. The molecule has 47 heavy (non-hydrogen) atoms. The number of phosphoric acid groups is 2. The van der Waals surface area contributed by atoms with Gasteiger partial charge in [0.15, 0.2) is 0 Å². The Kier molecular flexibility index (Phi) is 13.7. The standard InChI is InChI=1S/2C12H9N2O8P.Ca/c2*15-13(16)9-1-5-11(6-2-9)21-23(19,20)22-12-7-3-10(4-8-12)14(17)18;/h2*1-8H,(H,19,20);. The van der Waals surface area contributed by atoms with Crippen LogP contribution < -0.4 is 18.1 Å². The first kappa shape index (κ1) is 38.5. The van der Waals surface area contributed by atoms with Crippen LogP contribution >= 0.6 is 15.6 Å². The second kappa shape index (κ2) is 16.8. The molecule has 4 rings (SSSR count). The zero-order valence-electron chi connectivity index (χ0n) is 23.2. The Balaban J connectivity index is 0.000000320. The van der Waals surface area contributed by atoms with Crippen molar-refractivity contribution in [2.24, 2.45) is 0 Å². The minimum absolute atomic E-state index is 0. The van der Waals surface area contributed by atoms with Crippen LogP contribution in [0.5, 0.6) is 23.0 Å². The van der Waals surface area contributed by atoms with E-state index in [9.17, 15) is 59.4 Å². The third-order valence-corrected chi connectivity index (χ3v) is 6.84. The molecule has 20 nitrogen and oxygen atoms in total. The number of benzene rings is 4. The summed E-state index contributed by atoms with van der Waals surface area (Å²) in [6, 6.07) is 17.9. The van der Waals surface area contributed by atoms with E-state index in [4.69, 9.17) is 18.1 Å². The molecule has 0 heterocycles. The Morgan fingerprint density at radius 2 is 0.553 bits per heavy atom. The van der Waals surface area contributed by atoms with Crippen molar-refractivity contribution < 1.29 is 56.7 Å².